The minimum atomic E-state index is -0.405. The first kappa shape index (κ1) is 19.9. The van der Waals surface area contributed by atoms with Gasteiger partial charge in [-0.2, -0.15) is 0 Å². The molecule has 2 aliphatic rings. The second-order valence-corrected chi connectivity index (χ2v) is 9.37. The molecule has 5 rings (SSSR count). The first-order chi connectivity index (χ1) is 15.0. The van der Waals surface area contributed by atoms with Crippen LogP contribution in [0, 0.1) is 11.7 Å². The van der Waals surface area contributed by atoms with E-state index < -0.39 is 5.82 Å². The Morgan fingerprint density at radius 1 is 1.19 bits per heavy atom. The van der Waals surface area contributed by atoms with Gasteiger partial charge in [-0.3, -0.25) is 4.99 Å². The Balaban J connectivity index is 1.45. The van der Waals surface area contributed by atoms with Crippen LogP contribution < -0.4 is 15.8 Å². The maximum atomic E-state index is 14.7. The molecule has 1 fully saturated rings. The van der Waals surface area contributed by atoms with Crippen LogP contribution in [0.15, 0.2) is 35.8 Å². The van der Waals surface area contributed by atoms with Crippen molar-refractivity contribution in [2.45, 2.75) is 30.6 Å². The lowest BCUT2D eigenvalue weighted by atomic mass is 10.0. The van der Waals surface area contributed by atoms with Crippen LogP contribution in [0.4, 0.5) is 16.0 Å². The maximum absolute atomic E-state index is 14.7. The van der Waals surface area contributed by atoms with Crippen molar-refractivity contribution in [2.75, 3.05) is 18.2 Å². The number of rotatable bonds is 5. The highest BCUT2D eigenvalue weighted by Gasteiger charge is 2.47. The summed E-state index contributed by atoms with van der Waals surface area (Å²) < 4.78 is 19.7. The van der Waals surface area contributed by atoms with Gasteiger partial charge in [-0.25, -0.2) is 24.3 Å². The van der Waals surface area contributed by atoms with Crippen molar-refractivity contribution >= 4 is 40.3 Å². The number of hydrogen-bond acceptors (Lipinski definition) is 9. The van der Waals surface area contributed by atoms with E-state index >= 15 is 0 Å². The highest BCUT2D eigenvalue weighted by atomic mass is 32.2. The largest absolute Gasteiger partial charge is 0.495 e. The van der Waals surface area contributed by atoms with Crippen molar-refractivity contribution in [3.8, 4) is 5.75 Å². The highest BCUT2D eigenvalue weighted by Crippen LogP contribution is 2.51. The summed E-state index contributed by atoms with van der Waals surface area (Å²) in [4.78, 5) is 21.7. The van der Waals surface area contributed by atoms with Gasteiger partial charge in [-0.1, -0.05) is 0 Å². The second kappa shape index (κ2) is 7.60. The molecule has 1 unspecified atom stereocenters. The molecule has 1 aliphatic carbocycles. The van der Waals surface area contributed by atoms with Gasteiger partial charge in [0.2, 0.25) is 0 Å². The first-order valence-electron chi connectivity index (χ1n) is 10.0. The Morgan fingerprint density at radius 3 is 2.77 bits per heavy atom. The van der Waals surface area contributed by atoms with E-state index in [1.807, 2.05) is 0 Å². The van der Waals surface area contributed by atoms with Crippen LogP contribution in [-0.4, -0.2) is 43.4 Å². The zero-order valence-corrected chi connectivity index (χ0v) is 18.0. The molecule has 0 bridgehead atoms. The summed E-state index contributed by atoms with van der Waals surface area (Å²) in [7, 11) is 1.57. The van der Waals surface area contributed by atoms with E-state index in [-0.39, 0.29) is 10.8 Å². The molecule has 10 heteroatoms. The average Bonchev–Trinajstić information content (AvgIpc) is 3.63. The molecule has 160 valence electrons. The predicted molar refractivity (Wildman–Crippen MR) is 119 cm³/mol. The third kappa shape index (κ3) is 3.65. The molecule has 1 aliphatic heterocycles. The zero-order chi connectivity index (χ0) is 21.6. The molecular weight excluding hydrogens is 417 g/mol. The first-order valence-corrected chi connectivity index (χ1v) is 11.0. The van der Waals surface area contributed by atoms with E-state index in [0.717, 1.165) is 0 Å². The topological polar surface area (TPSA) is 111 Å². The number of ether oxygens (including phenoxy) is 1. The van der Waals surface area contributed by atoms with Gasteiger partial charge in [-0.15, -0.1) is 11.8 Å². The number of anilines is 2. The van der Waals surface area contributed by atoms with Gasteiger partial charge in [0.15, 0.2) is 5.82 Å². The third-order valence-electron chi connectivity index (χ3n) is 5.88. The number of halogens is 1. The number of nitrogens with two attached hydrogens (primary N) is 1. The summed E-state index contributed by atoms with van der Waals surface area (Å²) in [6, 6.07) is 3.07. The fourth-order valence-electron chi connectivity index (χ4n) is 3.81. The Morgan fingerprint density at radius 2 is 2.03 bits per heavy atom. The molecular formula is C21H22FN7OS. The van der Waals surface area contributed by atoms with Crippen LogP contribution >= 0.6 is 11.8 Å². The average molecular weight is 440 g/mol. The molecule has 0 aromatic carbocycles. The normalized spacial score (nSPS) is 23.5. The zero-order valence-electron chi connectivity index (χ0n) is 17.2. The number of pyridine rings is 2. The van der Waals surface area contributed by atoms with E-state index in [2.05, 4.69) is 37.2 Å². The molecule has 3 aromatic rings. The summed E-state index contributed by atoms with van der Waals surface area (Å²) in [6.07, 6.45) is 6.57. The van der Waals surface area contributed by atoms with Gasteiger partial charge >= 0.3 is 0 Å². The summed E-state index contributed by atoms with van der Waals surface area (Å²) in [5, 5.41) is 3.13. The number of methoxy groups -OCH3 is 1. The summed E-state index contributed by atoms with van der Waals surface area (Å²) >= 11 is 1.77. The molecule has 0 amide bonds. The van der Waals surface area contributed by atoms with E-state index in [0.29, 0.717) is 51.5 Å². The molecule has 1 saturated carbocycles. The summed E-state index contributed by atoms with van der Waals surface area (Å²) in [6.45, 7) is 2.14. The number of aliphatic imine (C=N–C) groups is 1. The van der Waals surface area contributed by atoms with Crippen molar-refractivity contribution in [2.24, 2.45) is 16.6 Å². The molecule has 4 heterocycles. The van der Waals surface area contributed by atoms with Crippen molar-refractivity contribution < 1.29 is 9.13 Å². The lowest BCUT2D eigenvalue weighted by Gasteiger charge is -2.35. The fraction of sp³-hybridized carbons (Fsp3) is 0.381. The maximum Gasteiger partial charge on any atom is 0.161 e. The van der Waals surface area contributed by atoms with Crippen molar-refractivity contribution in [3.63, 3.8) is 0 Å². The van der Waals surface area contributed by atoms with Crippen LogP contribution in [0.2, 0.25) is 0 Å². The number of fused-ring (bicyclic) bond motifs is 1. The molecule has 31 heavy (non-hydrogen) atoms. The van der Waals surface area contributed by atoms with Gasteiger partial charge in [0.25, 0.3) is 0 Å². The predicted octanol–water partition coefficient (Wildman–Crippen LogP) is 3.62. The molecule has 2 atom stereocenters. The molecule has 0 spiro atoms. The molecule has 3 N–H and O–H groups in total. The number of nitrogens with zero attached hydrogens (tertiary/aromatic N) is 5. The third-order valence-corrected chi connectivity index (χ3v) is 7.50. The Hall–Kier alpha value is -3.01. The number of aromatic nitrogens is 4. The number of hydrogen-bond donors (Lipinski definition) is 2. The smallest absolute Gasteiger partial charge is 0.161 e. The Kier molecular flexibility index (Phi) is 4.88. The summed E-state index contributed by atoms with van der Waals surface area (Å²) in [5.74, 6) is 2.95. The van der Waals surface area contributed by atoms with Crippen molar-refractivity contribution in [3.05, 3.63) is 42.2 Å². The lowest BCUT2D eigenvalue weighted by molar-refractivity contribution is 0.413. The van der Waals surface area contributed by atoms with Crippen LogP contribution in [0.5, 0.6) is 5.75 Å². The Labute approximate surface area is 183 Å². The van der Waals surface area contributed by atoms with E-state index in [1.54, 1.807) is 37.2 Å². The highest BCUT2D eigenvalue weighted by molar-refractivity contribution is 8.01. The minimum absolute atomic E-state index is 0.145. The van der Waals surface area contributed by atoms with Crippen molar-refractivity contribution in [1.29, 1.82) is 0 Å². The molecule has 3 aromatic heterocycles. The number of thioether (sulfide) groups is 1. The standard InChI is InChI=1S/C21H22FN7OS/c1-21(11-3-4-11)20(23)28-16(9-31-21)13-6-17(24-8-14(13)22)29-19-18-15(26-10-27-19)5-12(30-2)7-25-18/h5-8,10-11,16H,3-4,9H2,1-2H3,(H2,23,28)(H,24,26,27,29)/t16?,21-/m0/s1. The minimum Gasteiger partial charge on any atom is -0.495 e. The van der Waals surface area contributed by atoms with Gasteiger partial charge in [-0.05, 0) is 31.7 Å². The van der Waals surface area contributed by atoms with Crippen LogP contribution in [0.3, 0.4) is 0 Å². The quantitative estimate of drug-likeness (QED) is 0.620. The van der Waals surface area contributed by atoms with Gasteiger partial charge in [0.05, 0.1) is 35.8 Å². The second-order valence-electron chi connectivity index (χ2n) is 7.90. The van der Waals surface area contributed by atoms with E-state index in [9.17, 15) is 4.39 Å². The summed E-state index contributed by atoms with van der Waals surface area (Å²) in [5.41, 5.74) is 7.96. The van der Waals surface area contributed by atoms with Gasteiger partial charge < -0.3 is 15.8 Å². The SMILES string of the molecule is COc1cnc2c(Nc3cc(C4CS[C@@](C)(C5CC5)C(N)=N4)c(F)cn3)ncnc2c1. The molecule has 8 nitrogen and oxygen atoms in total. The molecule has 0 radical (unpaired) electrons. The lowest BCUT2D eigenvalue weighted by Crippen LogP contribution is -2.43. The van der Waals surface area contributed by atoms with E-state index in [4.69, 9.17) is 10.5 Å². The van der Waals surface area contributed by atoms with E-state index in [1.165, 1.54) is 25.4 Å². The number of nitrogens with one attached hydrogen (secondary N) is 1. The Bertz CT molecular complexity index is 1190. The van der Waals surface area contributed by atoms with Crippen LogP contribution in [0.1, 0.15) is 31.4 Å². The monoisotopic (exact) mass is 439 g/mol. The van der Waals surface area contributed by atoms with Crippen LogP contribution in [-0.2, 0) is 0 Å². The fourth-order valence-corrected chi connectivity index (χ4v) is 5.24. The molecule has 0 saturated heterocycles. The van der Waals surface area contributed by atoms with Crippen LogP contribution in [0.25, 0.3) is 11.0 Å². The van der Waals surface area contributed by atoms with Crippen molar-refractivity contribution in [1.82, 2.24) is 19.9 Å². The number of amidine groups is 1. The van der Waals surface area contributed by atoms with Gasteiger partial charge in [0.1, 0.15) is 35.1 Å². The van der Waals surface area contributed by atoms with Gasteiger partial charge in [0, 0.05) is 17.4 Å².